The van der Waals surface area contributed by atoms with Crippen molar-refractivity contribution in [2.24, 2.45) is 7.05 Å². The molecule has 0 bridgehead atoms. The molecule has 1 aromatic heterocycles. The summed E-state index contributed by atoms with van der Waals surface area (Å²) in [5.41, 5.74) is 1.85. The second-order valence-electron chi connectivity index (χ2n) is 8.37. The number of carbonyl (C=O) groups excluding carboxylic acids is 2. The summed E-state index contributed by atoms with van der Waals surface area (Å²) >= 11 is 0. The Morgan fingerprint density at radius 2 is 1.93 bits per heavy atom. The van der Waals surface area contributed by atoms with Gasteiger partial charge in [0, 0.05) is 25.2 Å². The second-order valence-corrected chi connectivity index (χ2v) is 8.37. The van der Waals surface area contributed by atoms with Crippen LogP contribution in [-0.2, 0) is 29.4 Å². The van der Waals surface area contributed by atoms with Crippen LogP contribution < -0.4 is 5.32 Å². The summed E-state index contributed by atoms with van der Waals surface area (Å²) < 4.78 is 7.58. The largest absolute Gasteiger partial charge is 0.362 e. The third-order valence-corrected chi connectivity index (χ3v) is 6.25. The van der Waals surface area contributed by atoms with E-state index in [4.69, 9.17) is 4.74 Å². The zero-order valence-electron chi connectivity index (χ0n) is 16.4. The second kappa shape index (κ2) is 7.26. The number of amides is 2. The molecule has 1 N–H and O–H groups in total. The minimum atomic E-state index is -0.991. The van der Waals surface area contributed by atoms with Crippen molar-refractivity contribution in [3.8, 4) is 0 Å². The van der Waals surface area contributed by atoms with Gasteiger partial charge in [0.05, 0.1) is 18.8 Å². The van der Waals surface area contributed by atoms with Gasteiger partial charge in [-0.05, 0) is 45.4 Å². The first-order chi connectivity index (χ1) is 13.0. The van der Waals surface area contributed by atoms with Gasteiger partial charge in [-0.25, -0.2) is 0 Å². The van der Waals surface area contributed by atoms with Crippen molar-refractivity contribution in [1.82, 2.24) is 20.0 Å². The van der Waals surface area contributed by atoms with E-state index in [9.17, 15) is 9.59 Å². The summed E-state index contributed by atoms with van der Waals surface area (Å²) in [6, 6.07) is 0.244. The maximum atomic E-state index is 13.3. The highest BCUT2D eigenvalue weighted by Gasteiger charge is 2.42. The van der Waals surface area contributed by atoms with Gasteiger partial charge in [-0.1, -0.05) is 12.8 Å². The fraction of sp³-hybridized carbons (Fsp3) is 0.750. The highest BCUT2D eigenvalue weighted by Crippen LogP contribution is 2.27. The van der Waals surface area contributed by atoms with E-state index in [2.05, 4.69) is 10.4 Å². The lowest BCUT2D eigenvalue weighted by molar-refractivity contribution is -0.154. The molecule has 2 heterocycles. The van der Waals surface area contributed by atoms with Crippen LogP contribution in [0.5, 0.6) is 0 Å². The Balaban J connectivity index is 1.50. The third kappa shape index (κ3) is 3.49. The Kier molecular flexibility index (Phi) is 4.97. The number of aryl methyl sites for hydroxylation is 2. The first-order valence-corrected chi connectivity index (χ1v) is 10.3. The van der Waals surface area contributed by atoms with E-state index in [1.165, 1.54) is 12.8 Å². The zero-order valence-corrected chi connectivity index (χ0v) is 16.4. The van der Waals surface area contributed by atoms with E-state index in [0.717, 1.165) is 49.8 Å². The standard InChI is InChI=1S/C20H30N4O3/c1-20(19(26)21-14-7-3-4-8-14)13-24(11-12-27-20)18(25)17-15-9-5-6-10-16(15)22-23(17)2/h14H,3-13H2,1-2H3,(H,21,26)/t20-/m0/s1. The third-order valence-electron chi connectivity index (χ3n) is 6.25. The Labute approximate surface area is 160 Å². The lowest BCUT2D eigenvalue weighted by Crippen LogP contribution is -2.60. The highest BCUT2D eigenvalue weighted by molar-refractivity contribution is 5.95. The molecule has 0 radical (unpaired) electrons. The van der Waals surface area contributed by atoms with Crippen molar-refractivity contribution in [3.05, 3.63) is 17.0 Å². The Morgan fingerprint density at radius 1 is 1.19 bits per heavy atom. The van der Waals surface area contributed by atoms with E-state index in [1.807, 2.05) is 7.05 Å². The van der Waals surface area contributed by atoms with Gasteiger partial charge < -0.3 is 15.0 Å². The van der Waals surface area contributed by atoms with Crippen LogP contribution in [0.2, 0.25) is 0 Å². The molecule has 3 aliphatic rings. The fourth-order valence-corrected chi connectivity index (χ4v) is 4.69. The molecule has 2 aliphatic carbocycles. The number of carbonyl (C=O) groups is 2. The maximum absolute atomic E-state index is 13.3. The molecule has 1 aliphatic heterocycles. The van der Waals surface area contributed by atoms with E-state index in [0.29, 0.717) is 18.8 Å². The number of nitrogens with zero attached hydrogens (tertiary/aromatic N) is 3. The zero-order chi connectivity index (χ0) is 19.0. The number of hydrogen-bond donors (Lipinski definition) is 1. The summed E-state index contributed by atoms with van der Waals surface area (Å²) in [7, 11) is 1.85. The fourth-order valence-electron chi connectivity index (χ4n) is 4.69. The summed E-state index contributed by atoms with van der Waals surface area (Å²) in [6.07, 6.45) is 8.49. The molecule has 148 valence electrons. The number of nitrogens with one attached hydrogen (secondary N) is 1. The molecule has 2 fully saturated rings. The van der Waals surface area contributed by atoms with Gasteiger partial charge in [0.25, 0.3) is 11.8 Å². The molecular weight excluding hydrogens is 344 g/mol. The lowest BCUT2D eigenvalue weighted by atomic mass is 9.95. The van der Waals surface area contributed by atoms with E-state index in [-0.39, 0.29) is 24.4 Å². The molecule has 7 nitrogen and oxygen atoms in total. The molecule has 0 aromatic carbocycles. The van der Waals surface area contributed by atoms with Crippen molar-refractivity contribution in [1.29, 1.82) is 0 Å². The molecule has 2 amide bonds. The van der Waals surface area contributed by atoms with Crippen LogP contribution in [0.1, 0.15) is 67.2 Å². The molecule has 1 aromatic rings. The van der Waals surface area contributed by atoms with Crippen molar-refractivity contribution in [3.63, 3.8) is 0 Å². The number of fused-ring (bicyclic) bond motifs is 1. The molecule has 1 atom stereocenters. The van der Waals surface area contributed by atoms with Gasteiger partial charge in [0.2, 0.25) is 0 Å². The number of rotatable bonds is 3. The van der Waals surface area contributed by atoms with Crippen LogP contribution in [0.3, 0.4) is 0 Å². The monoisotopic (exact) mass is 374 g/mol. The maximum Gasteiger partial charge on any atom is 0.272 e. The minimum Gasteiger partial charge on any atom is -0.362 e. The molecule has 4 rings (SSSR count). The van der Waals surface area contributed by atoms with Crippen molar-refractivity contribution in [2.75, 3.05) is 19.7 Å². The van der Waals surface area contributed by atoms with Crippen LogP contribution in [0.25, 0.3) is 0 Å². The van der Waals surface area contributed by atoms with Gasteiger partial charge in [-0.2, -0.15) is 5.10 Å². The Bertz CT molecular complexity index is 738. The predicted octanol–water partition coefficient (Wildman–Crippen LogP) is 1.59. The smallest absolute Gasteiger partial charge is 0.272 e. The molecular formula is C20H30N4O3. The van der Waals surface area contributed by atoms with E-state index >= 15 is 0 Å². The average molecular weight is 374 g/mol. The van der Waals surface area contributed by atoms with Gasteiger partial charge in [-0.3, -0.25) is 14.3 Å². The van der Waals surface area contributed by atoms with Crippen molar-refractivity contribution < 1.29 is 14.3 Å². The number of aromatic nitrogens is 2. The normalized spacial score (nSPS) is 26.1. The van der Waals surface area contributed by atoms with Gasteiger partial charge in [0.1, 0.15) is 5.69 Å². The van der Waals surface area contributed by atoms with Gasteiger partial charge in [0.15, 0.2) is 5.60 Å². The summed E-state index contributed by atoms with van der Waals surface area (Å²) in [5, 5.41) is 7.69. The van der Waals surface area contributed by atoms with E-state index in [1.54, 1.807) is 16.5 Å². The first kappa shape index (κ1) is 18.5. The molecule has 27 heavy (non-hydrogen) atoms. The molecule has 1 saturated carbocycles. The SMILES string of the molecule is Cn1nc2c(c1C(=O)N1CCO[C@](C)(C(=O)NC3CCCC3)C1)CCCC2. The molecule has 1 saturated heterocycles. The summed E-state index contributed by atoms with van der Waals surface area (Å²) in [6.45, 7) is 2.96. The van der Waals surface area contributed by atoms with Crippen LogP contribution in [0.4, 0.5) is 0 Å². The summed E-state index contributed by atoms with van der Waals surface area (Å²) in [5.74, 6) is -0.129. The van der Waals surface area contributed by atoms with Crippen LogP contribution >= 0.6 is 0 Å². The quantitative estimate of drug-likeness (QED) is 0.872. The minimum absolute atomic E-state index is 0.0312. The van der Waals surface area contributed by atoms with Crippen LogP contribution in [0.15, 0.2) is 0 Å². The molecule has 0 spiro atoms. The van der Waals surface area contributed by atoms with Crippen molar-refractivity contribution in [2.45, 2.75) is 69.9 Å². The summed E-state index contributed by atoms with van der Waals surface area (Å²) in [4.78, 5) is 27.9. The van der Waals surface area contributed by atoms with Crippen LogP contribution in [0, 0.1) is 0 Å². The average Bonchev–Trinajstić information content (AvgIpc) is 3.27. The lowest BCUT2D eigenvalue weighted by Gasteiger charge is -2.39. The topological polar surface area (TPSA) is 76.5 Å². The molecule has 0 unspecified atom stereocenters. The predicted molar refractivity (Wildman–Crippen MR) is 101 cm³/mol. The van der Waals surface area contributed by atoms with Crippen LogP contribution in [-0.4, -0.2) is 57.8 Å². The van der Waals surface area contributed by atoms with E-state index < -0.39 is 5.60 Å². The first-order valence-electron chi connectivity index (χ1n) is 10.3. The van der Waals surface area contributed by atoms with Gasteiger partial charge in [-0.15, -0.1) is 0 Å². The Hall–Kier alpha value is -1.89. The number of morpholine rings is 1. The molecule has 7 heteroatoms. The van der Waals surface area contributed by atoms with Crippen molar-refractivity contribution >= 4 is 11.8 Å². The highest BCUT2D eigenvalue weighted by atomic mass is 16.5. The number of ether oxygens (including phenoxy) is 1. The van der Waals surface area contributed by atoms with Gasteiger partial charge >= 0.3 is 0 Å². The Morgan fingerprint density at radius 3 is 2.70 bits per heavy atom. The number of hydrogen-bond acceptors (Lipinski definition) is 4.